The van der Waals surface area contributed by atoms with Crippen LogP contribution in [0.25, 0.3) is 10.6 Å². The molecular formula is C23H24F3N5O2S2. The summed E-state index contributed by atoms with van der Waals surface area (Å²) in [5.41, 5.74) is 1.21. The molecule has 1 saturated heterocycles. The Hall–Kier alpha value is -2.54. The van der Waals surface area contributed by atoms with Gasteiger partial charge in [-0.15, -0.1) is 11.3 Å². The van der Waals surface area contributed by atoms with E-state index in [1.165, 1.54) is 15.2 Å². The zero-order valence-electron chi connectivity index (χ0n) is 18.7. The maximum atomic E-state index is 13.2. The Morgan fingerprint density at radius 2 is 1.83 bits per heavy atom. The van der Waals surface area contributed by atoms with Crippen molar-refractivity contribution in [3.05, 3.63) is 58.7 Å². The number of nitrogens with zero attached hydrogens (tertiary/aromatic N) is 3. The molecule has 1 aromatic carbocycles. The van der Waals surface area contributed by atoms with Gasteiger partial charge in [0.05, 0.1) is 16.2 Å². The van der Waals surface area contributed by atoms with Gasteiger partial charge in [0.1, 0.15) is 10.8 Å². The molecule has 0 bridgehead atoms. The normalized spacial score (nSPS) is 17.8. The number of fused-ring (bicyclic) bond motifs is 1. The van der Waals surface area contributed by atoms with E-state index in [0.29, 0.717) is 31.7 Å². The van der Waals surface area contributed by atoms with Gasteiger partial charge in [0.2, 0.25) is 10.0 Å². The van der Waals surface area contributed by atoms with Crippen molar-refractivity contribution >= 4 is 27.2 Å². The Morgan fingerprint density at radius 3 is 2.46 bits per heavy atom. The van der Waals surface area contributed by atoms with Crippen LogP contribution in [0.2, 0.25) is 0 Å². The lowest BCUT2D eigenvalue weighted by Crippen LogP contribution is -2.42. The number of piperidine rings is 1. The van der Waals surface area contributed by atoms with E-state index in [1.807, 2.05) is 0 Å². The molecule has 0 radical (unpaired) electrons. The highest BCUT2D eigenvalue weighted by Gasteiger charge is 2.32. The predicted octanol–water partition coefficient (Wildman–Crippen LogP) is 4.13. The van der Waals surface area contributed by atoms with E-state index in [-0.39, 0.29) is 10.9 Å². The lowest BCUT2D eigenvalue weighted by atomic mass is 10.1. The molecule has 2 aromatic heterocycles. The van der Waals surface area contributed by atoms with E-state index in [2.05, 4.69) is 15.6 Å². The highest BCUT2D eigenvalue weighted by Crippen LogP contribution is 2.32. The lowest BCUT2D eigenvalue weighted by molar-refractivity contribution is -0.137. The van der Waals surface area contributed by atoms with Crippen LogP contribution in [0.3, 0.4) is 0 Å². The van der Waals surface area contributed by atoms with Gasteiger partial charge in [0, 0.05) is 55.3 Å². The van der Waals surface area contributed by atoms with Crippen molar-refractivity contribution in [3.63, 3.8) is 0 Å². The van der Waals surface area contributed by atoms with Gasteiger partial charge in [-0.2, -0.15) is 17.5 Å². The zero-order valence-corrected chi connectivity index (χ0v) is 20.3. The van der Waals surface area contributed by atoms with E-state index in [1.54, 1.807) is 35.6 Å². The van der Waals surface area contributed by atoms with Crippen LogP contribution in [0.5, 0.6) is 0 Å². The van der Waals surface area contributed by atoms with Gasteiger partial charge in [-0.25, -0.2) is 18.4 Å². The van der Waals surface area contributed by atoms with Crippen LogP contribution < -0.4 is 10.6 Å². The predicted molar refractivity (Wildman–Crippen MR) is 128 cm³/mol. The molecule has 0 saturated carbocycles. The third-order valence-corrected chi connectivity index (χ3v) is 9.30. The second kappa shape index (κ2) is 9.49. The first-order valence-electron chi connectivity index (χ1n) is 11.3. The number of benzene rings is 1. The molecule has 0 atom stereocenters. The summed E-state index contributed by atoms with van der Waals surface area (Å²) < 4.78 is 65.9. The van der Waals surface area contributed by atoms with E-state index in [4.69, 9.17) is 4.98 Å². The molecule has 7 nitrogen and oxygen atoms in total. The maximum absolute atomic E-state index is 13.2. The second-order valence-corrected chi connectivity index (χ2v) is 11.6. The lowest BCUT2D eigenvalue weighted by Gasteiger charge is -2.32. The van der Waals surface area contributed by atoms with Crippen LogP contribution in [-0.4, -0.2) is 48.4 Å². The number of hydrogen-bond donors (Lipinski definition) is 2. The highest BCUT2D eigenvalue weighted by atomic mass is 32.2. The summed E-state index contributed by atoms with van der Waals surface area (Å²) in [6, 6.07) is 9.06. The van der Waals surface area contributed by atoms with Gasteiger partial charge in [-0.05, 0) is 37.1 Å². The summed E-state index contributed by atoms with van der Waals surface area (Å²) in [6.45, 7) is 2.36. The van der Waals surface area contributed by atoms with Gasteiger partial charge in [0.25, 0.3) is 0 Å². The fraction of sp³-hybridized carbons (Fsp3) is 0.391. The summed E-state index contributed by atoms with van der Waals surface area (Å²) in [4.78, 5) is 10.0. The molecule has 35 heavy (non-hydrogen) atoms. The summed E-state index contributed by atoms with van der Waals surface area (Å²) in [5.74, 6) is 0.342. The van der Waals surface area contributed by atoms with Crippen LogP contribution in [0.1, 0.15) is 29.0 Å². The van der Waals surface area contributed by atoms with Gasteiger partial charge >= 0.3 is 6.18 Å². The molecule has 0 spiro atoms. The number of sulfonamides is 1. The number of anilines is 1. The molecule has 0 aliphatic carbocycles. The molecule has 0 amide bonds. The molecule has 0 unspecified atom stereocenters. The van der Waals surface area contributed by atoms with Gasteiger partial charge in [-0.3, -0.25) is 0 Å². The van der Waals surface area contributed by atoms with Crippen LogP contribution in [-0.2, 0) is 29.2 Å². The molecule has 2 aliphatic rings. The van der Waals surface area contributed by atoms with Crippen molar-refractivity contribution in [1.82, 2.24) is 19.6 Å². The van der Waals surface area contributed by atoms with Crippen LogP contribution in [0.15, 0.2) is 47.5 Å². The number of hydrogen-bond acceptors (Lipinski definition) is 7. The summed E-state index contributed by atoms with van der Waals surface area (Å²) in [5, 5.41) is 7.33. The third kappa shape index (κ3) is 5.20. The molecule has 1 fully saturated rings. The molecule has 186 valence electrons. The molecule has 4 heterocycles. The van der Waals surface area contributed by atoms with Crippen molar-refractivity contribution in [1.29, 1.82) is 0 Å². The number of thiazole rings is 1. The van der Waals surface area contributed by atoms with E-state index in [9.17, 15) is 21.6 Å². The minimum atomic E-state index is -4.43. The van der Waals surface area contributed by atoms with Crippen molar-refractivity contribution in [2.24, 2.45) is 0 Å². The number of alkyl halides is 3. The number of nitrogens with one attached hydrogen (secondary N) is 2. The standard InChI is InChI=1S/C23H24F3N5O2S2/c24-23(25,26)16-3-6-21(28-13-16)29-17-8-11-31(12-9-17)35(32,33)18-4-1-15(2-5-18)22-30-19-7-10-27-14-20(19)34-22/h1-6,13,17,27H,7-12,14H2,(H,28,29). The molecule has 2 aliphatic heterocycles. The third-order valence-electron chi connectivity index (χ3n) is 6.24. The van der Waals surface area contributed by atoms with Crippen LogP contribution >= 0.6 is 11.3 Å². The maximum Gasteiger partial charge on any atom is 0.417 e. The van der Waals surface area contributed by atoms with Crippen molar-refractivity contribution in [3.8, 4) is 10.6 Å². The summed E-state index contributed by atoms with van der Waals surface area (Å²) >= 11 is 1.63. The average Bonchev–Trinajstić information content (AvgIpc) is 3.29. The number of aromatic nitrogens is 2. The molecule has 12 heteroatoms. The van der Waals surface area contributed by atoms with E-state index < -0.39 is 21.8 Å². The first kappa shape index (κ1) is 24.2. The Kier molecular flexibility index (Phi) is 6.55. The van der Waals surface area contributed by atoms with Gasteiger partial charge < -0.3 is 10.6 Å². The van der Waals surface area contributed by atoms with Gasteiger partial charge in [-0.1, -0.05) is 12.1 Å². The Bertz CT molecular complexity index is 1260. The SMILES string of the molecule is O=S(=O)(c1ccc(-c2nc3c(s2)CNCC3)cc1)N1CCC(Nc2ccc(C(F)(F)F)cn2)CC1. The number of pyridine rings is 1. The smallest absolute Gasteiger partial charge is 0.367 e. The molecule has 2 N–H and O–H groups in total. The Morgan fingerprint density at radius 1 is 1.09 bits per heavy atom. The summed E-state index contributed by atoms with van der Waals surface area (Å²) in [6.07, 6.45) is -1.68. The zero-order chi connectivity index (χ0) is 24.6. The monoisotopic (exact) mass is 523 g/mol. The highest BCUT2D eigenvalue weighted by molar-refractivity contribution is 7.89. The molecule has 5 rings (SSSR count). The van der Waals surface area contributed by atoms with Crippen molar-refractivity contribution in [2.75, 3.05) is 25.0 Å². The summed E-state index contributed by atoms with van der Waals surface area (Å²) in [7, 11) is -3.64. The largest absolute Gasteiger partial charge is 0.417 e. The van der Waals surface area contributed by atoms with Crippen molar-refractivity contribution < 1.29 is 21.6 Å². The molecule has 3 aromatic rings. The van der Waals surface area contributed by atoms with Crippen LogP contribution in [0, 0.1) is 0 Å². The fourth-order valence-electron chi connectivity index (χ4n) is 4.26. The fourth-order valence-corrected chi connectivity index (χ4v) is 6.82. The first-order chi connectivity index (χ1) is 16.7. The minimum absolute atomic E-state index is 0.0708. The van der Waals surface area contributed by atoms with E-state index in [0.717, 1.165) is 48.0 Å². The van der Waals surface area contributed by atoms with Crippen molar-refractivity contribution in [2.45, 2.75) is 42.9 Å². The van der Waals surface area contributed by atoms with E-state index >= 15 is 0 Å². The topological polar surface area (TPSA) is 87.2 Å². The average molecular weight is 524 g/mol. The Labute approximate surface area is 205 Å². The number of halogens is 3. The quantitative estimate of drug-likeness (QED) is 0.523. The van der Waals surface area contributed by atoms with Crippen LogP contribution in [0.4, 0.5) is 19.0 Å². The molecular weight excluding hydrogens is 499 g/mol. The van der Waals surface area contributed by atoms with Gasteiger partial charge in [0.15, 0.2) is 0 Å². The Balaban J connectivity index is 1.20. The minimum Gasteiger partial charge on any atom is -0.367 e. The number of rotatable bonds is 5. The first-order valence-corrected chi connectivity index (χ1v) is 13.6. The second-order valence-electron chi connectivity index (χ2n) is 8.59.